The van der Waals surface area contributed by atoms with Crippen molar-refractivity contribution in [1.29, 1.82) is 0 Å². The van der Waals surface area contributed by atoms with Crippen molar-refractivity contribution in [3.05, 3.63) is 89.6 Å². The number of halogens is 2. The van der Waals surface area contributed by atoms with Crippen molar-refractivity contribution in [2.45, 2.75) is 58.6 Å². The lowest BCUT2D eigenvalue weighted by Crippen LogP contribution is -2.33. The van der Waals surface area contributed by atoms with Gasteiger partial charge >= 0.3 is 6.09 Å². The van der Waals surface area contributed by atoms with Gasteiger partial charge in [-0.15, -0.1) is 0 Å². The van der Waals surface area contributed by atoms with Crippen LogP contribution in [-0.2, 0) is 11.3 Å². The molecule has 202 valence electrons. The van der Waals surface area contributed by atoms with Crippen LogP contribution in [0, 0.1) is 18.6 Å². The largest absolute Gasteiger partial charge is 0.444 e. The molecule has 0 fully saturated rings. The van der Waals surface area contributed by atoms with E-state index in [4.69, 9.17) is 4.74 Å². The summed E-state index contributed by atoms with van der Waals surface area (Å²) in [5.74, 6) is -0.655. The van der Waals surface area contributed by atoms with E-state index in [2.05, 4.69) is 5.32 Å². The van der Waals surface area contributed by atoms with E-state index < -0.39 is 11.7 Å². The zero-order valence-corrected chi connectivity index (χ0v) is 23.7. The summed E-state index contributed by atoms with van der Waals surface area (Å²) < 4.78 is 35.7. The molecule has 8 heteroatoms. The third-order valence-electron chi connectivity index (χ3n) is 5.37. The summed E-state index contributed by atoms with van der Waals surface area (Å²) in [6.07, 6.45) is 1.51. The Balaban J connectivity index is 0.00000195. The summed E-state index contributed by atoms with van der Waals surface area (Å²) in [7, 11) is 1.69. The van der Waals surface area contributed by atoms with Crippen LogP contribution in [0.5, 0.6) is 0 Å². The third-order valence-corrected chi connectivity index (χ3v) is 6.33. The number of carbonyl (C=O) groups is 1. The van der Waals surface area contributed by atoms with Gasteiger partial charge in [-0.2, -0.15) is 0 Å². The van der Waals surface area contributed by atoms with E-state index in [0.717, 1.165) is 26.9 Å². The smallest absolute Gasteiger partial charge is 0.410 e. The van der Waals surface area contributed by atoms with Crippen LogP contribution in [-0.4, -0.2) is 27.6 Å². The van der Waals surface area contributed by atoms with Crippen molar-refractivity contribution >= 4 is 40.3 Å². The molecule has 0 bridgehead atoms. The van der Waals surface area contributed by atoms with Crippen molar-refractivity contribution in [2.75, 3.05) is 12.4 Å². The molecule has 0 atom stereocenters. The summed E-state index contributed by atoms with van der Waals surface area (Å²) in [4.78, 5) is 14.8. The van der Waals surface area contributed by atoms with Gasteiger partial charge in [0.05, 0.1) is 17.7 Å². The molecule has 4 aromatic rings. The molecule has 1 aromatic heterocycles. The van der Waals surface area contributed by atoms with Crippen LogP contribution < -0.4 is 5.32 Å². The van der Waals surface area contributed by atoms with Crippen LogP contribution in [0.25, 0.3) is 10.9 Å². The topological polar surface area (TPSA) is 46.5 Å². The van der Waals surface area contributed by atoms with Gasteiger partial charge in [-0.25, -0.2) is 13.6 Å². The Morgan fingerprint density at radius 1 is 1.05 bits per heavy atom. The maximum absolute atomic E-state index is 14.4. The standard InChI is InChI=1S/C28H29F2N3O2S.C2H6/c1-18-9-12-25(24(30)13-18)31-21-10-11-23-19(16-32(5)27(34)35-28(2,3)4)17-33(26(23)15-21)36-22-8-6-7-20(29)14-22;1-2/h6-15,17,31H,16H2,1-5H3;1-2H3. The van der Waals surface area contributed by atoms with Crippen LogP contribution in [0.15, 0.2) is 71.8 Å². The first-order chi connectivity index (χ1) is 18.0. The predicted octanol–water partition coefficient (Wildman–Crippen LogP) is 8.92. The molecule has 1 N–H and O–H groups in total. The first-order valence-corrected chi connectivity index (χ1v) is 13.3. The zero-order valence-electron chi connectivity index (χ0n) is 22.9. The first-order valence-electron chi connectivity index (χ1n) is 12.5. The lowest BCUT2D eigenvalue weighted by Gasteiger charge is -2.24. The minimum atomic E-state index is -0.599. The van der Waals surface area contributed by atoms with E-state index in [0.29, 0.717) is 17.9 Å². The lowest BCUT2D eigenvalue weighted by atomic mass is 10.1. The number of fused-ring (bicyclic) bond motifs is 1. The Hall–Kier alpha value is -3.52. The molecular formula is C30H35F2N3O2S. The minimum Gasteiger partial charge on any atom is -0.444 e. The molecule has 0 saturated heterocycles. The Kier molecular flexibility index (Phi) is 9.44. The number of aromatic nitrogens is 1. The third kappa shape index (κ3) is 7.51. The fraction of sp³-hybridized carbons (Fsp3) is 0.300. The van der Waals surface area contributed by atoms with Gasteiger partial charge in [0.2, 0.25) is 0 Å². The van der Waals surface area contributed by atoms with E-state index in [9.17, 15) is 13.6 Å². The highest BCUT2D eigenvalue weighted by atomic mass is 32.2. The quantitative estimate of drug-likeness (QED) is 0.266. The van der Waals surface area contributed by atoms with E-state index in [1.165, 1.54) is 35.0 Å². The Labute approximate surface area is 227 Å². The molecule has 5 nitrogen and oxygen atoms in total. The number of hydrogen-bond donors (Lipinski definition) is 1. The highest BCUT2D eigenvalue weighted by molar-refractivity contribution is 7.98. The van der Waals surface area contributed by atoms with E-state index in [1.54, 1.807) is 19.2 Å². The number of hydrogen-bond acceptors (Lipinski definition) is 4. The van der Waals surface area contributed by atoms with E-state index in [-0.39, 0.29) is 11.6 Å². The van der Waals surface area contributed by atoms with Gasteiger partial charge in [-0.3, -0.25) is 3.97 Å². The monoisotopic (exact) mass is 539 g/mol. The number of anilines is 2. The first kappa shape index (κ1) is 29.0. The Morgan fingerprint density at radius 3 is 2.45 bits per heavy atom. The van der Waals surface area contributed by atoms with Gasteiger partial charge in [-0.1, -0.05) is 32.0 Å². The second kappa shape index (κ2) is 12.3. The second-order valence-corrected chi connectivity index (χ2v) is 10.8. The summed E-state index contributed by atoms with van der Waals surface area (Å²) in [6.45, 7) is 11.6. The highest BCUT2D eigenvalue weighted by Crippen LogP contribution is 2.33. The van der Waals surface area contributed by atoms with Gasteiger partial charge in [0.15, 0.2) is 0 Å². The molecule has 3 aromatic carbocycles. The summed E-state index contributed by atoms with van der Waals surface area (Å²) in [5, 5.41) is 4.06. The molecule has 0 aliphatic carbocycles. The molecular weight excluding hydrogens is 504 g/mol. The normalized spacial score (nSPS) is 11.1. The number of amides is 1. The van der Waals surface area contributed by atoms with Crippen LogP contribution in [0.2, 0.25) is 0 Å². The molecule has 38 heavy (non-hydrogen) atoms. The number of ether oxygens (including phenoxy) is 1. The van der Waals surface area contributed by atoms with E-state index >= 15 is 0 Å². The summed E-state index contributed by atoms with van der Waals surface area (Å²) in [6, 6.07) is 17.1. The number of benzene rings is 3. The van der Waals surface area contributed by atoms with Crippen molar-refractivity contribution in [1.82, 2.24) is 8.87 Å². The maximum atomic E-state index is 14.4. The molecule has 4 rings (SSSR count). The Morgan fingerprint density at radius 2 is 1.79 bits per heavy atom. The van der Waals surface area contributed by atoms with E-state index in [1.807, 2.05) is 82.0 Å². The number of carbonyl (C=O) groups excluding carboxylic acids is 1. The van der Waals surface area contributed by atoms with Crippen molar-refractivity contribution < 1.29 is 18.3 Å². The minimum absolute atomic E-state index is 0.321. The van der Waals surface area contributed by atoms with Gasteiger partial charge in [0, 0.05) is 29.2 Å². The average Bonchev–Trinajstić information content (AvgIpc) is 3.17. The summed E-state index contributed by atoms with van der Waals surface area (Å²) in [5.41, 5.74) is 3.06. The fourth-order valence-corrected chi connectivity index (χ4v) is 4.68. The lowest BCUT2D eigenvalue weighted by molar-refractivity contribution is 0.0286. The van der Waals surface area contributed by atoms with Gasteiger partial charge in [0.1, 0.15) is 17.2 Å². The molecule has 0 radical (unpaired) electrons. The van der Waals surface area contributed by atoms with Crippen molar-refractivity contribution in [2.24, 2.45) is 0 Å². The van der Waals surface area contributed by atoms with Crippen molar-refractivity contribution in [3.8, 4) is 0 Å². The van der Waals surface area contributed by atoms with Crippen LogP contribution >= 0.6 is 11.9 Å². The predicted molar refractivity (Wildman–Crippen MR) is 153 cm³/mol. The average molecular weight is 540 g/mol. The van der Waals surface area contributed by atoms with Crippen LogP contribution in [0.3, 0.4) is 0 Å². The zero-order chi connectivity index (χ0) is 28.0. The van der Waals surface area contributed by atoms with Gasteiger partial charge in [-0.05, 0) is 93.2 Å². The molecule has 0 saturated carbocycles. The second-order valence-electron chi connectivity index (χ2n) is 9.71. The maximum Gasteiger partial charge on any atom is 0.410 e. The molecule has 0 unspecified atom stereocenters. The SMILES string of the molecule is CC.Cc1ccc(Nc2ccc3c(CN(C)C(=O)OC(C)(C)C)cn(Sc4cccc(F)c4)c3c2)c(F)c1. The molecule has 1 amide bonds. The molecule has 0 spiro atoms. The highest BCUT2D eigenvalue weighted by Gasteiger charge is 2.21. The number of nitrogens with one attached hydrogen (secondary N) is 1. The van der Waals surface area contributed by atoms with Crippen LogP contribution in [0.4, 0.5) is 25.0 Å². The van der Waals surface area contributed by atoms with Crippen LogP contribution in [0.1, 0.15) is 45.7 Å². The Bertz CT molecular complexity index is 1410. The van der Waals surface area contributed by atoms with Gasteiger partial charge in [0.25, 0.3) is 0 Å². The number of rotatable bonds is 6. The molecule has 1 heterocycles. The van der Waals surface area contributed by atoms with Crippen molar-refractivity contribution in [3.63, 3.8) is 0 Å². The number of aryl methyl sites for hydroxylation is 1. The number of nitrogens with zero attached hydrogens (tertiary/aromatic N) is 2. The molecule has 0 aliphatic rings. The molecule has 0 aliphatic heterocycles. The fourth-order valence-electron chi connectivity index (χ4n) is 3.72. The van der Waals surface area contributed by atoms with Gasteiger partial charge < -0.3 is 15.0 Å². The summed E-state index contributed by atoms with van der Waals surface area (Å²) >= 11 is 1.36.